The summed E-state index contributed by atoms with van der Waals surface area (Å²) >= 11 is 4.71. The smallest absolute Gasteiger partial charge is 0.234 e. The average molecular weight is 472 g/mol. The van der Waals surface area contributed by atoms with Crippen molar-refractivity contribution in [1.29, 1.82) is 0 Å². The van der Waals surface area contributed by atoms with E-state index in [0.29, 0.717) is 17.6 Å². The molecule has 2 heterocycles. The van der Waals surface area contributed by atoms with Crippen LogP contribution in [0.1, 0.15) is 12.7 Å². The van der Waals surface area contributed by atoms with Gasteiger partial charge in [0, 0.05) is 18.5 Å². The molecule has 0 saturated heterocycles. The van der Waals surface area contributed by atoms with Crippen molar-refractivity contribution in [2.45, 2.75) is 23.0 Å². The maximum atomic E-state index is 12.6. The van der Waals surface area contributed by atoms with Crippen molar-refractivity contribution < 1.29 is 9.53 Å². The summed E-state index contributed by atoms with van der Waals surface area (Å²) in [5, 5.41) is 12.1. The van der Waals surface area contributed by atoms with Gasteiger partial charge in [-0.3, -0.25) is 9.36 Å². The number of amides is 1. The maximum Gasteiger partial charge on any atom is 0.234 e. The Kier molecular flexibility index (Phi) is 7.23. The van der Waals surface area contributed by atoms with Gasteiger partial charge in [-0.15, -0.1) is 21.5 Å². The van der Waals surface area contributed by atoms with Crippen molar-refractivity contribution in [3.05, 3.63) is 54.4 Å². The Hall–Kier alpha value is -2.40. The summed E-state index contributed by atoms with van der Waals surface area (Å²) in [5.41, 5.74) is 2.65. The molecule has 160 valence electrons. The quantitative estimate of drug-likeness (QED) is 0.349. The number of para-hydroxylation sites is 1. The van der Waals surface area contributed by atoms with Crippen molar-refractivity contribution in [2.75, 3.05) is 23.9 Å². The van der Waals surface area contributed by atoms with E-state index in [4.69, 9.17) is 4.74 Å². The molecule has 1 N–H and O–H groups in total. The molecule has 0 aliphatic rings. The molecule has 0 spiro atoms. The van der Waals surface area contributed by atoms with E-state index >= 15 is 0 Å². The molecule has 0 bridgehead atoms. The van der Waals surface area contributed by atoms with Gasteiger partial charge in [0.15, 0.2) is 15.3 Å². The molecule has 0 fully saturated rings. The number of aromatic nitrogens is 4. The molecule has 0 atom stereocenters. The number of carbonyl (C=O) groups excluding carboxylic acids is 1. The molecule has 0 radical (unpaired) electrons. The average Bonchev–Trinajstić information content (AvgIpc) is 3.36. The molecule has 31 heavy (non-hydrogen) atoms. The Morgan fingerprint density at radius 1 is 1.16 bits per heavy atom. The van der Waals surface area contributed by atoms with E-state index in [-0.39, 0.29) is 11.7 Å². The summed E-state index contributed by atoms with van der Waals surface area (Å²) in [6.45, 7) is 2.44. The molecule has 1 amide bonds. The highest BCUT2D eigenvalue weighted by atomic mass is 32.2. The first-order valence-electron chi connectivity index (χ1n) is 9.62. The highest BCUT2D eigenvalue weighted by Gasteiger charge is 2.16. The van der Waals surface area contributed by atoms with Crippen molar-refractivity contribution in [1.82, 2.24) is 19.7 Å². The van der Waals surface area contributed by atoms with E-state index in [2.05, 4.69) is 27.4 Å². The van der Waals surface area contributed by atoms with Gasteiger partial charge in [-0.25, -0.2) is 4.98 Å². The summed E-state index contributed by atoms with van der Waals surface area (Å²) < 4.78 is 9.27. The second-order valence-electron chi connectivity index (χ2n) is 6.43. The fourth-order valence-electron chi connectivity index (χ4n) is 2.95. The summed E-state index contributed by atoms with van der Waals surface area (Å²) in [6.07, 6.45) is 0. The largest absolute Gasteiger partial charge is 0.377 e. The Bertz CT molecular complexity index is 1180. The van der Waals surface area contributed by atoms with E-state index in [1.54, 1.807) is 30.2 Å². The maximum absolute atomic E-state index is 12.6. The summed E-state index contributed by atoms with van der Waals surface area (Å²) in [7, 11) is 1.62. The molecule has 0 aliphatic heterocycles. The zero-order valence-electron chi connectivity index (χ0n) is 17.1. The van der Waals surface area contributed by atoms with Crippen LogP contribution < -0.4 is 5.32 Å². The molecule has 0 saturated carbocycles. The Labute approximate surface area is 192 Å². The van der Waals surface area contributed by atoms with Crippen LogP contribution in [0.2, 0.25) is 0 Å². The van der Waals surface area contributed by atoms with Crippen LogP contribution in [0.25, 0.3) is 15.9 Å². The monoisotopic (exact) mass is 471 g/mol. The zero-order chi connectivity index (χ0) is 21.6. The van der Waals surface area contributed by atoms with Crippen LogP contribution in [0.3, 0.4) is 0 Å². The highest BCUT2D eigenvalue weighted by Crippen LogP contribution is 2.31. The van der Waals surface area contributed by atoms with Crippen LogP contribution in [0.15, 0.2) is 58.0 Å². The van der Waals surface area contributed by atoms with Crippen molar-refractivity contribution >= 4 is 56.7 Å². The Morgan fingerprint density at radius 3 is 2.77 bits per heavy atom. The number of nitrogens with one attached hydrogen (secondary N) is 1. The third-order valence-corrected chi connectivity index (χ3v) is 7.21. The van der Waals surface area contributed by atoms with Gasteiger partial charge in [0.25, 0.3) is 0 Å². The van der Waals surface area contributed by atoms with E-state index in [1.165, 1.54) is 11.8 Å². The van der Waals surface area contributed by atoms with Gasteiger partial charge in [-0.05, 0) is 36.1 Å². The zero-order valence-corrected chi connectivity index (χ0v) is 19.5. The minimum atomic E-state index is -0.104. The minimum Gasteiger partial charge on any atom is -0.377 e. The van der Waals surface area contributed by atoms with Gasteiger partial charge in [0.2, 0.25) is 5.91 Å². The number of methoxy groups -OCH3 is 1. The van der Waals surface area contributed by atoms with Gasteiger partial charge in [-0.2, -0.15) is 0 Å². The number of ether oxygens (including phenoxy) is 1. The molecule has 7 nitrogen and oxygen atoms in total. The fourth-order valence-corrected chi connectivity index (χ4v) is 5.72. The van der Waals surface area contributed by atoms with Crippen molar-refractivity contribution in [3.63, 3.8) is 0 Å². The third-order valence-electron chi connectivity index (χ3n) is 4.24. The molecule has 2 aromatic carbocycles. The van der Waals surface area contributed by atoms with E-state index in [0.717, 1.165) is 31.7 Å². The van der Waals surface area contributed by atoms with Gasteiger partial charge >= 0.3 is 0 Å². The molecule has 2 aromatic heterocycles. The number of carbonyl (C=O) groups is 1. The molecule has 10 heteroatoms. The van der Waals surface area contributed by atoms with Gasteiger partial charge in [-0.1, -0.05) is 48.6 Å². The van der Waals surface area contributed by atoms with Crippen LogP contribution in [-0.2, 0) is 16.1 Å². The number of rotatable bonds is 9. The molecule has 0 unspecified atom stereocenters. The number of nitrogens with zero attached hydrogens (tertiary/aromatic N) is 4. The Balaban J connectivity index is 1.45. The van der Waals surface area contributed by atoms with Crippen LogP contribution in [0, 0.1) is 0 Å². The van der Waals surface area contributed by atoms with E-state index in [1.807, 2.05) is 53.1 Å². The molecule has 4 aromatic rings. The van der Waals surface area contributed by atoms with E-state index in [9.17, 15) is 4.79 Å². The SMILES string of the molecule is CCSc1nc2ccc(NC(=O)CSc3nnc(COC)n3-c3ccccc3)cc2s1. The lowest BCUT2D eigenvalue weighted by Gasteiger charge is -2.10. The minimum absolute atomic E-state index is 0.104. The molecular formula is C21H21N5O2S3. The summed E-state index contributed by atoms with van der Waals surface area (Å²) in [4.78, 5) is 17.2. The van der Waals surface area contributed by atoms with Crippen LogP contribution >= 0.6 is 34.9 Å². The molecular weight excluding hydrogens is 450 g/mol. The standard InChI is InChI=1S/C21H21N5O2S3/c1-3-29-21-23-16-10-9-14(11-17(16)31-21)22-19(27)13-30-20-25-24-18(12-28-2)26(20)15-7-5-4-6-8-15/h4-11H,3,12-13H2,1-2H3,(H,22,27). The number of hydrogen-bond acceptors (Lipinski definition) is 8. The van der Waals surface area contributed by atoms with Crippen LogP contribution in [-0.4, -0.2) is 44.3 Å². The second kappa shape index (κ2) is 10.3. The lowest BCUT2D eigenvalue weighted by Crippen LogP contribution is -2.14. The first kappa shape index (κ1) is 21.8. The van der Waals surface area contributed by atoms with Crippen LogP contribution in [0.5, 0.6) is 0 Å². The number of fused-ring (bicyclic) bond motifs is 1. The Morgan fingerprint density at radius 2 is 2.00 bits per heavy atom. The van der Waals surface area contributed by atoms with Crippen molar-refractivity contribution in [2.24, 2.45) is 0 Å². The van der Waals surface area contributed by atoms with Gasteiger partial charge in [0.05, 0.1) is 16.0 Å². The lowest BCUT2D eigenvalue weighted by molar-refractivity contribution is -0.113. The van der Waals surface area contributed by atoms with Gasteiger partial charge in [0.1, 0.15) is 6.61 Å². The summed E-state index contributed by atoms with van der Waals surface area (Å²) in [6, 6.07) is 15.6. The number of anilines is 1. The predicted molar refractivity (Wildman–Crippen MR) is 127 cm³/mol. The van der Waals surface area contributed by atoms with Gasteiger partial charge < -0.3 is 10.1 Å². The fraction of sp³-hybridized carbons (Fsp3) is 0.238. The van der Waals surface area contributed by atoms with Crippen LogP contribution in [0.4, 0.5) is 5.69 Å². The highest BCUT2D eigenvalue weighted by molar-refractivity contribution is 8.01. The van der Waals surface area contributed by atoms with Crippen molar-refractivity contribution in [3.8, 4) is 5.69 Å². The second-order valence-corrected chi connectivity index (χ2v) is 9.92. The predicted octanol–water partition coefficient (Wildman–Crippen LogP) is 4.87. The summed E-state index contributed by atoms with van der Waals surface area (Å²) in [5.74, 6) is 1.79. The first-order valence-corrected chi connectivity index (χ1v) is 12.4. The number of hydrogen-bond donors (Lipinski definition) is 1. The topological polar surface area (TPSA) is 81.9 Å². The third kappa shape index (κ3) is 5.27. The normalized spacial score (nSPS) is 11.2. The lowest BCUT2D eigenvalue weighted by atomic mass is 10.3. The number of thiazole rings is 1. The van der Waals surface area contributed by atoms with E-state index < -0.39 is 0 Å². The number of thioether (sulfide) groups is 2. The number of benzene rings is 2. The molecule has 0 aliphatic carbocycles. The molecule has 4 rings (SSSR count). The first-order chi connectivity index (χ1) is 15.2.